The first-order valence-corrected chi connectivity index (χ1v) is 12.5. The molecular weight excluding hydrogens is 507 g/mol. The van der Waals surface area contributed by atoms with Crippen LogP contribution in [0.5, 0.6) is 0 Å². The van der Waals surface area contributed by atoms with Crippen molar-refractivity contribution in [2.24, 2.45) is 4.99 Å². The minimum absolute atomic E-state index is 0. The van der Waals surface area contributed by atoms with E-state index in [1.165, 1.54) is 5.56 Å². The van der Waals surface area contributed by atoms with E-state index in [2.05, 4.69) is 34.9 Å². The molecule has 1 aromatic carbocycles. The van der Waals surface area contributed by atoms with Gasteiger partial charge in [-0.2, -0.15) is 11.8 Å². The molecule has 0 bridgehead atoms. The molecule has 2 fully saturated rings. The topological polar surface area (TPSA) is 73.8 Å². The average Bonchev–Trinajstić information content (AvgIpc) is 3.49. The molecule has 1 saturated carbocycles. The first-order valence-electron chi connectivity index (χ1n) is 9.69. The monoisotopic (exact) mass is 538 g/mol. The second-order valence-electron chi connectivity index (χ2n) is 7.10. The number of rotatable bonds is 8. The van der Waals surface area contributed by atoms with Crippen LogP contribution in [0.15, 0.2) is 35.3 Å². The lowest BCUT2D eigenvalue weighted by atomic mass is 9.96. The van der Waals surface area contributed by atoms with E-state index in [4.69, 9.17) is 4.99 Å². The quantitative estimate of drug-likeness (QED) is 0.302. The number of nitrogens with zero attached hydrogens (tertiary/aromatic N) is 2. The van der Waals surface area contributed by atoms with Crippen LogP contribution < -0.4 is 10.6 Å². The maximum atomic E-state index is 12.5. The van der Waals surface area contributed by atoms with Crippen LogP contribution in [0.2, 0.25) is 0 Å². The van der Waals surface area contributed by atoms with Gasteiger partial charge in [0.05, 0.1) is 12.3 Å². The van der Waals surface area contributed by atoms with E-state index in [1.807, 2.05) is 24.8 Å². The molecule has 1 heterocycles. The highest BCUT2D eigenvalue weighted by atomic mass is 127. The Hall–Kier alpha value is -0.520. The molecule has 1 aromatic rings. The Bertz CT molecular complexity index is 734. The number of thioether (sulfide) groups is 1. The highest BCUT2D eigenvalue weighted by Gasteiger charge is 2.44. The summed E-state index contributed by atoms with van der Waals surface area (Å²) in [5, 5.41) is 6.42. The Balaban J connectivity index is 0.00000280. The van der Waals surface area contributed by atoms with Gasteiger partial charge in [0.1, 0.15) is 0 Å². The van der Waals surface area contributed by atoms with Gasteiger partial charge in [-0.25, -0.2) is 12.7 Å². The van der Waals surface area contributed by atoms with Gasteiger partial charge >= 0.3 is 0 Å². The zero-order valence-electron chi connectivity index (χ0n) is 16.4. The molecule has 0 aromatic heterocycles. The van der Waals surface area contributed by atoms with Gasteiger partial charge in [-0.1, -0.05) is 30.3 Å². The lowest BCUT2D eigenvalue weighted by molar-refractivity contribution is 0.443. The summed E-state index contributed by atoms with van der Waals surface area (Å²) in [6.45, 7) is 5.11. The van der Waals surface area contributed by atoms with Crippen molar-refractivity contribution in [3.63, 3.8) is 0 Å². The predicted octanol–water partition coefficient (Wildman–Crippen LogP) is 2.27. The standard InChI is InChI=1S/C19H30N4O2S2.HI/c1-2-20-18(21-10-15-27(24,25)23-11-13-26-14-12-23)22-16-19(8-9-19)17-6-4-3-5-7-17;/h3-7H,2,8-16H2,1H3,(H2,20,21,22);1H. The van der Waals surface area contributed by atoms with Crippen molar-refractivity contribution in [1.82, 2.24) is 14.9 Å². The van der Waals surface area contributed by atoms with Crippen molar-refractivity contribution in [3.8, 4) is 0 Å². The number of hydrogen-bond acceptors (Lipinski definition) is 4. The zero-order valence-corrected chi connectivity index (χ0v) is 20.4. The minimum Gasteiger partial charge on any atom is -0.357 e. The van der Waals surface area contributed by atoms with Crippen molar-refractivity contribution >= 4 is 51.7 Å². The van der Waals surface area contributed by atoms with Gasteiger partial charge < -0.3 is 10.6 Å². The number of hydrogen-bond donors (Lipinski definition) is 2. The smallest absolute Gasteiger partial charge is 0.215 e. The lowest BCUT2D eigenvalue weighted by Crippen LogP contribution is -2.44. The maximum absolute atomic E-state index is 12.5. The summed E-state index contributed by atoms with van der Waals surface area (Å²) in [6.07, 6.45) is 2.31. The Labute approximate surface area is 190 Å². The first-order chi connectivity index (χ1) is 13.1. The molecule has 1 aliphatic heterocycles. The molecule has 0 spiro atoms. The summed E-state index contributed by atoms with van der Waals surface area (Å²) in [6, 6.07) is 10.5. The Morgan fingerprint density at radius 1 is 1.18 bits per heavy atom. The molecule has 2 aliphatic rings. The van der Waals surface area contributed by atoms with Gasteiger partial charge in [0.25, 0.3) is 0 Å². The molecule has 2 N–H and O–H groups in total. The van der Waals surface area contributed by atoms with Gasteiger partial charge in [-0.05, 0) is 25.3 Å². The number of benzene rings is 1. The number of sulfonamides is 1. The van der Waals surface area contributed by atoms with E-state index in [9.17, 15) is 8.42 Å². The third kappa shape index (κ3) is 6.50. The second kappa shape index (κ2) is 11.0. The zero-order chi connectivity index (χ0) is 19.2. The average molecular weight is 539 g/mol. The number of aliphatic imine (C=N–C) groups is 1. The normalized spacial score (nSPS) is 19.5. The summed E-state index contributed by atoms with van der Waals surface area (Å²) >= 11 is 1.81. The van der Waals surface area contributed by atoms with Crippen LogP contribution in [0.25, 0.3) is 0 Å². The van der Waals surface area contributed by atoms with E-state index in [0.29, 0.717) is 25.6 Å². The van der Waals surface area contributed by atoms with Crippen LogP contribution in [-0.2, 0) is 15.4 Å². The molecule has 6 nitrogen and oxygen atoms in total. The van der Waals surface area contributed by atoms with Crippen molar-refractivity contribution in [1.29, 1.82) is 0 Å². The Morgan fingerprint density at radius 2 is 1.86 bits per heavy atom. The molecule has 1 aliphatic carbocycles. The number of guanidine groups is 1. The fourth-order valence-corrected chi connectivity index (χ4v) is 5.80. The Morgan fingerprint density at radius 3 is 2.46 bits per heavy atom. The van der Waals surface area contributed by atoms with Crippen LogP contribution in [0, 0.1) is 0 Å². The minimum atomic E-state index is -3.19. The molecule has 9 heteroatoms. The molecule has 0 radical (unpaired) electrons. The van der Waals surface area contributed by atoms with Gasteiger partial charge in [-0.15, -0.1) is 24.0 Å². The predicted molar refractivity (Wildman–Crippen MR) is 129 cm³/mol. The summed E-state index contributed by atoms with van der Waals surface area (Å²) in [5.41, 5.74) is 1.50. The lowest BCUT2D eigenvalue weighted by Gasteiger charge is -2.25. The summed E-state index contributed by atoms with van der Waals surface area (Å²) in [5.74, 6) is 2.58. The first kappa shape index (κ1) is 23.8. The largest absolute Gasteiger partial charge is 0.357 e. The highest BCUT2D eigenvalue weighted by Crippen LogP contribution is 2.48. The van der Waals surface area contributed by atoms with Gasteiger partial charge in [0, 0.05) is 43.1 Å². The van der Waals surface area contributed by atoms with Crippen LogP contribution in [0.4, 0.5) is 0 Å². The van der Waals surface area contributed by atoms with E-state index in [-0.39, 0.29) is 35.1 Å². The molecule has 0 amide bonds. The van der Waals surface area contributed by atoms with Gasteiger partial charge in [-0.3, -0.25) is 4.99 Å². The fraction of sp³-hybridized carbons (Fsp3) is 0.632. The third-order valence-corrected chi connectivity index (χ3v) is 7.95. The molecule has 3 rings (SSSR count). The van der Waals surface area contributed by atoms with Crippen LogP contribution >= 0.6 is 35.7 Å². The fourth-order valence-electron chi connectivity index (χ4n) is 3.31. The van der Waals surface area contributed by atoms with E-state index >= 15 is 0 Å². The number of halogens is 1. The van der Waals surface area contributed by atoms with Crippen molar-refractivity contribution in [2.75, 3.05) is 50.0 Å². The summed E-state index contributed by atoms with van der Waals surface area (Å²) < 4.78 is 26.5. The van der Waals surface area contributed by atoms with Crippen LogP contribution in [0.1, 0.15) is 25.3 Å². The van der Waals surface area contributed by atoms with Crippen molar-refractivity contribution in [2.45, 2.75) is 25.2 Å². The molecule has 0 unspecified atom stereocenters. The SMILES string of the molecule is CCNC(=NCC1(c2ccccc2)CC1)NCCS(=O)(=O)N1CCSCC1.I. The maximum Gasteiger partial charge on any atom is 0.215 e. The van der Waals surface area contributed by atoms with E-state index < -0.39 is 10.0 Å². The van der Waals surface area contributed by atoms with E-state index in [1.54, 1.807) is 4.31 Å². The third-order valence-electron chi connectivity index (χ3n) is 5.14. The molecule has 1 saturated heterocycles. The molecule has 28 heavy (non-hydrogen) atoms. The van der Waals surface area contributed by atoms with Gasteiger partial charge in [0.2, 0.25) is 10.0 Å². The van der Waals surface area contributed by atoms with Crippen LogP contribution in [-0.4, -0.2) is 68.7 Å². The summed E-state index contributed by atoms with van der Waals surface area (Å²) in [4.78, 5) is 4.74. The second-order valence-corrected chi connectivity index (χ2v) is 10.4. The van der Waals surface area contributed by atoms with Crippen molar-refractivity contribution < 1.29 is 8.42 Å². The number of nitrogens with one attached hydrogen (secondary N) is 2. The van der Waals surface area contributed by atoms with Crippen LogP contribution in [0.3, 0.4) is 0 Å². The van der Waals surface area contributed by atoms with Crippen molar-refractivity contribution in [3.05, 3.63) is 35.9 Å². The molecule has 0 atom stereocenters. The molecular formula is C19H31IN4O2S2. The summed E-state index contributed by atoms with van der Waals surface area (Å²) in [7, 11) is -3.19. The Kier molecular flexibility index (Phi) is 9.36. The highest BCUT2D eigenvalue weighted by molar-refractivity contribution is 14.0. The van der Waals surface area contributed by atoms with Gasteiger partial charge in [0.15, 0.2) is 5.96 Å². The van der Waals surface area contributed by atoms with E-state index in [0.717, 1.165) is 37.4 Å². The molecule has 158 valence electrons.